The Balaban J connectivity index is 1.55. The number of hydrogen-bond acceptors (Lipinski definition) is 5. The second-order valence-corrected chi connectivity index (χ2v) is 7.48. The third-order valence-electron chi connectivity index (χ3n) is 5.64. The zero-order chi connectivity index (χ0) is 19.3. The third-order valence-corrected chi connectivity index (χ3v) is 5.64. The summed E-state index contributed by atoms with van der Waals surface area (Å²) < 4.78 is 7.70. The maximum absolute atomic E-state index is 11.2. The van der Waals surface area contributed by atoms with Gasteiger partial charge in [0.05, 0.1) is 26.3 Å². The average Bonchev–Trinajstić information content (AvgIpc) is 3.11. The predicted molar refractivity (Wildman–Crippen MR) is 103 cm³/mol. The molecule has 0 saturated carbocycles. The highest BCUT2D eigenvalue weighted by molar-refractivity contribution is 5.65. The molecule has 2 aromatic rings. The number of ether oxygens (including phenoxy) is 1. The fraction of sp³-hybridized carbons (Fsp3) is 0.550. The van der Waals surface area contributed by atoms with E-state index in [4.69, 9.17) is 4.74 Å². The average molecular weight is 385 g/mol. The first-order valence-electron chi connectivity index (χ1n) is 9.94. The van der Waals surface area contributed by atoms with Crippen LogP contribution >= 0.6 is 0 Å². The molecule has 28 heavy (non-hydrogen) atoms. The van der Waals surface area contributed by atoms with Gasteiger partial charge in [0.2, 0.25) is 0 Å². The van der Waals surface area contributed by atoms with Crippen molar-refractivity contribution in [1.29, 1.82) is 0 Å². The summed E-state index contributed by atoms with van der Waals surface area (Å²) in [5.41, 5.74) is 1.22. The largest absolute Gasteiger partial charge is 0.465 e. The van der Waals surface area contributed by atoms with Gasteiger partial charge in [-0.1, -0.05) is 30.3 Å². The van der Waals surface area contributed by atoms with Crippen molar-refractivity contribution < 1.29 is 14.6 Å². The van der Waals surface area contributed by atoms with E-state index in [1.165, 1.54) is 10.5 Å². The molecule has 0 aliphatic carbocycles. The Morgan fingerprint density at radius 3 is 2.43 bits per heavy atom. The highest BCUT2D eigenvalue weighted by Crippen LogP contribution is 2.28. The summed E-state index contributed by atoms with van der Waals surface area (Å²) in [7, 11) is 0. The predicted octanol–water partition coefficient (Wildman–Crippen LogP) is 2.02. The molecule has 2 fully saturated rings. The van der Waals surface area contributed by atoms with Crippen LogP contribution in [-0.2, 0) is 17.8 Å². The van der Waals surface area contributed by atoms with Crippen molar-refractivity contribution in [2.75, 3.05) is 39.4 Å². The van der Waals surface area contributed by atoms with Gasteiger partial charge in [-0.3, -0.25) is 4.90 Å². The van der Waals surface area contributed by atoms with Crippen molar-refractivity contribution in [2.24, 2.45) is 0 Å². The van der Waals surface area contributed by atoms with Crippen molar-refractivity contribution >= 4 is 6.09 Å². The van der Waals surface area contributed by atoms with Crippen LogP contribution in [0.15, 0.2) is 30.3 Å². The van der Waals surface area contributed by atoms with Gasteiger partial charge in [-0.05, 0) is 18.4 Å². The van der Waals surface area contributed by atoms with E-state index in [9.17, 15) is 9.90 Å². The molecule has 150 valence electrons. The van der Waals surface area contributed by atoms with Gasteiger partial charge in [-0.15, -0.1) is 10.2 Å². The summed E-state index contributed by atoms with van der Waals surface area (Å²) in [6.07, 6.45) is 0.741. The minimum atomic E-state index is -0.836. The van der Waals surface area contributed by atoms with Crippen molar-refractivity contribution in [2.45, 2.75) is 31.8 Å². The van der Waals surface area contributed by atoms with Gasteiger partial charge < -0.3 is 19.3 Å². The Morgan fingerprint density at radius 1 is 1.04 bits per heavy atom. The van der Waals surface area contributed by atoms with Crippen LogP contribution in [0.4, 0.5) is 4.79 Å². The van der Waals surface area contributed by atoms with E-state index in [0.717, 1.165) is 63.9 Å². The first-order chi connectivity index (χ1) is 13.7. The van der Waals surface area contributed by atoms with E-state index in [1.807, 2.05) is 18.2 Å². The summed E-state index contributed by atoms with van der Waals surface area (Å²) in [6, 6.07) is 10.4. The van der Waals surface area contributed by atoms with Gasteiger partial charge in [0.1, 0.15) is 11.6 Å². The lowest BCUT2D eigenvalue weighted by molar-refractivity contribution is 0.0325. The van der Waals surface area contributed by atoms with Crippen LogP contribution in [0.1, 0.15) is 36.0 Å². The van der Waals surface area contributed by atoms with Crippen LogP contribution in [0, 0.1) is 0 Å². The molecule has 0 unspecified atom stereocenters. The minimum absolute atomic E-state index is 0.241. The molecule has 4 rings (SSSR count). The van der Waals surface area contributed by atoms with Gasteiger partial charge in [0.25, 0.3) is 0 Å². The number of morpholine rings is 1. The molecule has 1 aromatic heterocycles. The van der Waals surface area contributed by atoms with Crippen molar-refractivity contribution in [3.8, 4) is 0 Å². The molecule has 8 heteroatoms. The van der Waals surface area contributed by atoms with E-state index >= 15 is 0 Å². The number of likely N-dealkylation sites (tertiary alicyclic amines) is 1. The lowest BCUT2D eigenvalue weighted by atomic mass is 9.96. The summed E-state index contributed by atoms with van der Waals surface area (Å²) >= 11 is 0. The zero-order valence-electron chi connectivity index (χ0n) is 16.0. The molecule has 8 nitrogen and oxygen atoms in total. The van der Waals surface area contributed by atoms with Gasteiger partial charge in [0.15, 0.2) is 0 Å². The quantitative estimate of drug-likeness (QED) is 0.848. The Labute approximate surface area is 164 Å². The standard InChI is InChI=1S/C20H27N5O3/c26-20(27)24-8-6-17(7-9-24)19-22-21-18(15-23-10-12-28-13-11-23)25(19)14-16-4-2-1-3-5-16/h1-5,17H,6-15H2,(H,26,27). The number of piperidine rings is 1. The van der Waals surface area contributed by atoms with Crippen LogP contribution in [0.3, 0.4) is 0 Å². The van der Waals surface area contributed by atoms with Crippen LogP contribution in [0.25, 0.3) is 0 Å². The summed E-state index contributed by atoms with van der Waals surface area (Å²) in [5.74, 6) is 2.20. The highest BCUT2D eigenvalue weighted by atomic mass is 16.5. The molecule has 1 N–H and O–H groups in total. The molecule has 1 amide bonds. The van der Waals surface area contributed by atoms with Crippen molar-refractivity contribution in [3.05, 3.63) is 47.5 Å². The molecular formula is C20H27N5O3. The van der Waals surface area contributed by atoms with E-state index in [-0.39, 0.29) is 5.92 Å². The maximum atomic E-state index is 11.2. The number of rotatable bonds is 5. The van der Waals surface area contributed by atoms with Crippen molar-refractivity contribution in [3.63, 3.8) is 0 Å². The first-order valence-corrected chi connectivity index (χ1v) is 9.94. The monoisotopic (exact) mass is 385 g/mol. The summed E-state index contributed by atoms with van der Waals surface area (Å²) in [5, 5.41) is 18.3. The number of aromatic nitrogens is 3. The molecule has 2 aliphatic heterocycles. The number of amides is 1. The number of carbonyl (C=O) groups is 1. The SMILES string of the molecule is O=C(O)N1CCC(c2nnc(CN3CCOCC3)n2Cc2ccccc2)CC1. The molecule has 3 heterocycles. The number of carboxylic acid groups (broad SMARTS) is 1. The minimum Gasteiger partial charge on any atom is -0.465 e. The van der Waals surface area contributed by atoms with Crippen LogP contribution in [-0.4, -0.2) is 75.2 Å². The second-order valence-electron chi connectivity index (χ2n) is 7.48. The number of nitrogens with zero attached hydrogens (tertiary/aromatic N) is 5. The molecule has 0 atom stereocenters. The molecule has 0 radical (unpaired) electrons. The molecular weight excluding hydrogens is 358 g/mol. The fourth-order valence-corrected chi connectivity index (χ4v) is 3.99. The Morgan fingerprint density at radius 2 is 1.75 bits per heavy atom. The maximum Gasteiger partial charge on any atom is 0.407 e. The fourth-order valence-electron chi connectivity index (χ4n) is 3.99. The summed E-state index contributed by atoms with van der Waals surface area (Å²) in [6.45, 7) is 5.93. The van der Waals surface area contributed by atoms with E-state index < -0.39 is 6.09 Å². The van der Waals surface area contributed by atoms with Gasteiger partial charge in [-0.25, -0.2) is 4.79 Å². The number of benzene rings is 1. The van der Waals surface area contributed by atoms with Crippen LogP contribution in [0.5, 0.6) is 0 Å². The van der Waals surface area contributed by atoms with Crippen molar-refractivity contribution in [1.82, 2.24) is 24.6 Å². The Bertz CT molecular complexity index is 780. The van der Waals surface area contributed by atoms with Crippen LogP contribution in [0.2, 0.25) is 0 Å². The molecule has 1 aromatic carbocycles. The molecule has 2 aliphatic rings. The second kappa shape index (κ2) is 8.70. The van der Waals surface area contributed by atoms with Gasteiger partial charge in [0, 0.05) is 32.1 Å². The molecule has 2 saturated heterocycles. The third kappa shape index (κ3) is 4.34. The molecule has 0 spiro atoms. The zero-order valence-corrected chi connectivity index (χ0v) is 16.0. The van der Waals surface area contributed by atoms with Crippen LogP contribution < -0.4 is 0 Å². The normalized spacial score (nSPS) is 19.1. The number of hydrogen-bond donors (Lipinski definition) is 1. The van der Waals surface area contributed by atoms with Gasteiger partial charge >= 0.3 is 6.09 Å². The van der Waals surface area contributed by atoms with E-state index in [2.05, 4.69) is 31.8 Å². The Kier molecular flexibility index (Phi) is 5.87. The van der Waals surface area contributed by atoms with Gasteiger partial charge in [-0.2, -0.15) is 0 Å². The topological polar surface area (TPSA) is 83.7 Å². The smallest absolute Gasteiger partial charge is 0.407 e. The first kappa shape index (κ1) is 18.9. The van der Waals surface area contributed by atoms with E-state index in [1.54, 1.807) is 0 Å². The summed E-state index contributed by atoms with van der Waals surface area (Å²) in [4.78, 5) is 15.1. The highest BCUT2D eigenvalue weighted by Gasteiger charge is 2.28. The Hall–Kier alpha value is -2.45. The lowest BCUT2D eigenvalue weighted by Crippen LogP contribution is -2.38. The van der Waals surface area contributed by atoms with E-state index in [0.29, 0.717) is 13.1 Å². The lowest BCUT2D eigenvalue weighted by Gasteiger charge is -2.30. The molecule has 0 bridgehead atoms.